The minimum atomic E-state index is -0.174. The number of carbonyl (C=O) groups is 1. The number of hydrogen-bond acceptors (Lipinski definition) is 6. The maximum absolute atomic E-state index is 12.1. The Morgan fingerprint density at radius 1 is 1.19 bits per heavy atom. The summed E-state index contributed by atoms with van der Waals surface area (Å²) < 4.78 is 5.15. The van der Waals surface area contributed by atoms with Gasteiger partial charge < -0.3 is 25.2 Å². The largest absolute Gasteiger partial charge is 0.508 e. The molecule has 2 heterocycles. The van der Waals surface area contributed by atoms with Crippen LogP contribution >= 0.6 is 24.0 Å². The second kappa shape index (κ2) is 12.5. The number of aryl methyl sites for hydroxylation is 1. The molecule has 1 amide bonds. The maximum atomic E-state index is 12.1. The number of carbonyl (C=O) groups excluding carboxylic acids is 1. The van der Waals surface area contributed by atoms with Crippen LogP contribution in [0.1, 0.15) is 28.7 Å². The Labute approximate surface area is 199 Å². The van der Waals surface area contributed by atoms with E-state index in [1.54, 1.807) is 12.1 Å². The molecular formula is C21H31IN6O3. The average Bonchev–Trinajstić information content (AvgIpc) is 3.16. The lowest BCUT2D eigenvalue weighted by Crippen LogP contribution is -2.52. The zero-order valence-corrected chi connectivity index (χ0v) is 20.3. The molecule has 1 saturated heterocycles. The number of rotatable bonds is 7. The van der Waals surface area contributed by atoms with E-state index in [-0.39, 0.29) is 35.6 Å². The van der Waals surface area contributed by atoms with Gasteiger partial charge in [0, 0.05) is 57.4 Å². The number of hydrogen-bond donors (Lipinski definition) is 3. The molecule has 0 aliphatic carbocycles. The summed E-state index contributed by atoms with van der Waals surface area (Å²) in [5, 5.41) is 19.6. The molecule has 170 valence electrons. The number of phenolic OH excluding ortho intramolecular Hbond substituents is 1. The van der Waals surface area contributed by atoms with Crippen LogP contribution in [0.4, 0.5) is 0 Å². The van der Waals surface area contributed by atoms with Gasteiger partial charge in [0.1, 0.15) is 11.5 Å². The van der Waals surface area contributed by atoms with E-state index in [4.69, 9.17) is 4.52 Å². The lowest BCUT2D eigenvalue weighted by Gasteiger charge is -2.36. The summed E-state index contributed by atoms with van der Waals surface area (Å²) in [5.74, 6) is 1.67. The number of nitrogens with one attached hydrogen (secondary N) is 2. The van der Waals surface area contributed by atoms with Gasteiger partial charge in [0.2, 0.25) is 0 Å². The standard InChI is InChI=1S/C21H30N6O3.HI/c1-3-22-21(24-9-8-23-20(29)17-4-6-19(28)7-5-17)27-12-10-26(11-13-27)15-18-14-16(2)30-25-18;/h4-7,14,28H,3,8-13,15H2,1-2H3,(H,22,24)(H,23,29);1H. The molecule has 2 aromatic rings. The molecule has 0 saturated carbocycles. The quantitative estimate of drug-likeness (QED) is 0.212. The van der Waals surface area contributed by atoms with Gasteiger partial charge in [-0.15, -0.1) is 24.0 Å². The minimum Gasteiger partial charge on any atom is -0.508 e. The molecule has 10 heteroatoms. The van der Waals surface area contributed by atoms with E-state index in [1.807, 2.05) is 19.9 Å². The van der Waals surface area contributed by atoms with Crippen molar-refractivity contribution in [3.63, 3.8) is 0 Å². The van der Waals surface area contributed by atoms with Gasteiger partial charge in [-0.3, -0.25) is 14.7 Å². The summed E-state index contributed by atoms with van der Waals surface area (Å²) >= 11 is 0. The summed E-state index contributed by atoms with van der Waals surface area (Å²) in [6.45, 7) is 10.1. The van der Waals surface area contributed by atoms with Crippen molar-refractivity contribution in [2.75, 3.05) is 45.8 Å². The van der Waals surface area contributed by atoms with Crippen molar-refractivity contribution >= 4 is 35.8 Å². The highest BCUT2D eigenvalue weighted by Crippen LogP contribution is 2.10. The number of piperazine rings is 1. The monoisotopic (exact) mass is 542 g/mol. The predicted molar refractivity (Wildman–Crippen MR) is 130 cm³/mol. The molecule has 1 aromatic carbocycles. The molecule has 1 aliphatic heterocycles. The van der Waals surface area contributed by atoms with Gasteiger partial charge in [0.15, 0.2) is 5.96 Å². The van der Waals surface area contributed by atoms with Crippen molar-refractivity contribution in [1.82, 2.24) is 25.6 Å². The van der Waals surface area contributed by atoms with Crippen LogP contribution in [0.15, 0.2) is 39.8 Å². The fraction of sp³-hybridized carbons (Fsp3) is 0.476. The molecule has 0 spiro atoms. The third-order valence-electron chi connectivity index (χ3n) is 4.86. The Kier molecular flexibility index (Phi) is 10.0. The first-order chi connectivity index (χ1) is 14.5. The molecule has 1 aliphatic rings. The normalized spacial score (nSPS) is 14.8. The lowest BCUT2D eigenvalue weighted by molar-refractivity contribution is 0.0954. The summed E-state index contributed by atoms with van der Waals surface area (Å²) in [4.78, 5) is 21.4. The molecular weight excluding hydrogens is 511 g/mol. The van der Waals surface area contributed by atoms with Crippen LogP contribution < -0.4 is 10.6 Å². The maximum Gasteiger partial charge on any atom is 0.251 e. The van der Waals surface area contributed by atoms with Crippen LogP contribution in [0.25, 0.3) is 0 Å². The first kappa shape index (κ1) is 24.9. The Balaban J connectivity index is 0.00000341. The molecule has 0 unspecified atom stereocenters. The van der Waals surface area contributed by atoms with Crippen molar-refractivity contribution in [3.05, 3.63) is 47.3 Å². The highest BCUT2D eigenvalue weighted by atomic mass is 127. The van der Waals surface area contributed by atoms with E-state index in [9.17, 15) is 9.90 Å². The highest BCUT2D eigenvalue weighted by molar-refractivity contribution is 14.0. The van der Waals surface area contributed by atoms with Gasteiger partial charge in [-0.1, -0.05) is 5.16 Å². The molecule has 1 fully saturated rings. The van der Waals surface area contributed by atoms with E-state index >= 15 is 0 Å². The lowest BCUT2D eigenvalue weighted by atomic mass is 10.2. The van der Waals surface area contributed by atoms with Crippen LogP contribution in [0, 0.1) is 6.92 Å². The third-order valence-corrected chi connectivity index (χ3v) is 4.86. The summed E-state index contributed by atoms with van der Waals surface area (Å²) in [5.41, 5.74) is 1.48. The number of benzene rings is 1. The average molecular weight is 542 g/mol. The molecule has 3 rings (SSSR count). The van der Waals surface area contributed by atoms with Crippen LogP contribution in [0.3, 0.4) is 0 Å². The van der Waals surface area contributed by atoms with Gasteiger partial charge in [0.25, 0.3) is 5.91 Å². The second-order valence-electron chi connectivity index (χ2n) is 7.23. The van der Waals surface area contributed by atoms with Gasteiger partial charge in [-0.25, -0.2) is 0 Å². The van der Waals surface area contributed by atoms with E-state index in [1.165, 1.54) is 12.1 Å². The molecule has 0 radical (unpaired) electrons. The fourth-order valence-corrected chi connectivity index (χ4v) is 3.31. The van der Waals surface area contributed by atoms with Gasteiger partial charge >= 0.3 is 0 Å². The summed E-state index contributed by atoms with van der Waals surface area (Å²) in [6.07, 6.45) is 0. The van der Waals surface area contributed by atoms with E-state index in [2.05, 4.69) is 30.6 Å². The molecule has 9 nitrogen and oxygen atoms in total. The smallest absolute Gasteiger partial charge is 0.251 e. The predicted octanol–water partition coefficient (Wildman–Crippen LogP) is 1.82. The highest BCUT2D eigenvalue weighted by Gasteiger charge is 2.20. The first-order valence-electron chi connectivity index (χ1n) is 10.3. The Bertz CT molecular complexity index is 847. The van der Waals surface area contributed by atoms with Gasteiger partial charge in [-0.05, 0) is 38.1 Å². The Morgan fingerprint density at radius 2 is 1.90 bits per heavy atom. The fourth-order valence-electron chi connectivity index (χ4n) is 3.31. The summed E-state index contributed by atoms with van der Waals surface area (Å²) in [6, 6.07) is 8.17. The first-order valence-corrected chi connectivity index (χ1v) is 10.3. The molecule has 1 aromatic heterocycles. The number of aliphatic imine (C=N–C) groups is 1. The molecule has 31 heavy (non-hydrogen) atoms. The number of nitrogens with zero attached hydrogens (tertiary/aromatic N) is 4. The Morgan fingerprint density at radius 3 is 2.52 bits per heavy atom. The van der Waals surface area contributed by atoms with E-state index < -0.39 is 0 Å². The van der Waals surface area contributed by atoms with Crippen LogP contribution in [0.2, 0.25) is 0 Å². The molecule has 0 bridgehead atoms. The topological polar surface area (TPSA) is 106 Å². The van der Waals surface area contributed by atoms with Crippen LogP contribution in [0.5, 0.6) is 5.75 Å². The third kappa shape index (κ3) is 7.69. The zero-order chi connectivity index (χ0) is 21.3. The molecule has 0 atom stereocenters. The number of aromatic hydroxyl groups is 1. The SMILES string of the molecule is CCNC(=NCCNC(=O)c1ccc(O)cc1)N1CCN(Cc2cc(C)on2)CC1.I. The number of phenols is 1. The number of halogens is 1. The molecule has 3 N–H and O–H groups in total. The van der Waals surface area contributed by atoms with Gasteiger partial charge in [-0.2, -0.15) is 0 Å². The van der Waals surface area contributed by atoms with Crippen LogP contribution in [-0.4, -0.2) is 77.7 Å². The van der Waals surface area contributed by atoms with Crippen molar-refractivity contribution in [3.8, 4) is 5.75 Å². The summed E-state index contributed by atoms with van der Waals surface area (Å²) in [7, 11) is 0. The number of amides is 1. The minimum absolute atomic E-state index is 0. The van der Waals surface area contributed by atoms with Crippen molar-refractivity contribution < 1.29 is 14.4 Å². The Hall–Kier alpha value is -2.34. The van der Waals surface area contributed by atoms with Crippen molar-refractivity contribution in [1.29, 1.82) is 0 Å². The number of aromatic nitrogens is 1. The second-order valence-corrected chi connectivity index (χ2v) is 7.23. The van der Waals surface area contributed by atoms with Gasteiger partial charge in [0.05, 0.1) is 12.2 Å². The van der Waals surface area contributed by atoms with E-state index in [0.717, 1.165) is 56.7 Å². The van der Waals surface area contributed by atoms with E-state index in [0.29, 0.717) is 18.7 Å². The van der Waals surface area contributed by atoms with Crippen molar-refractivity contribution in [2.24, 2.45) is 4.99 Å². The zero-order valence-electron chi connectivity index (χ0n) is 18.0. The van der Waals surface area contributed by atoms with Crippen LogP contribution in [-0.2, 0) is 6.54 Å². The van der Waals surface area contributed by atoms with Crippen molar-refractivity contribution in [2.45, 2.75) is 20.4 Å². The number of guanidine groups is 1.